The number of benzene rings is 3. The smallest absolute Gasteiger partial charge is 0.416 e. The first-order valence-electron chi connectivity index (χ1n) is 10.3. The van der Waals surface area contributed by atoms with E-state index in [4.69, 9.17) is 9.47 Å². The number of anilines is 1. The average molecular weight is 509 g/mol. The molecule has 11 heteroatoms. The van der Waals surface area contributed by atoms with E-state index in [2.05, 4.69) is 10.0 Å². The predicted molar refractivity (Wildman–Crippen MR) is 124 cm³/mol. The van der Waals surface area contributed by atoms with Crippen LogP contribution in [0.15, 0.2) is 77.7 Å². The zero-order valence-electron chi connectivity index (χ0n) is 18.8. The van der Waals surface area contributed by atoms with E-state index in [-0.39, 0.29) is 22.8 Å². The lowest BCUT2D eigenvalue weighted by Crippen LogP contribution is -2.45. The molecular weight excluding hydrogens is 485 g/mol. The van der Waals surface area contributed by atoms with E-state index in [9.17, 15) is 26.4 Å². The zero-order chi connectivity index (χ0) is 25.6. The van der Waals surface area contributed by atoms with Gasteiger partial charge in [-0.25, -0.2) is 8.42 Å². The highest BCUT2D eigenvalue weighted by atomic mass is 32.2. The Morgan fingerprint density at radius 2 is 1.54 bits per heavy atom. The summed E-state index contributed by atoms with van der Waals surface area (Å²) in [4.78, 5) is 12.9. The molecule has 0 aliphatic rings. The summed E-state index contributed by atoms with van der Waals surface area (Å²) < 4.78 is 77.3. The lowest BCUT2D eigenvalue weighted by Gasteiger charge is -2.19. The monoisotopic (exact) mass is 508 g/mol. The van der Waals surface area contributed by atoms with Crippen molar-refractivity contribution < 1.29 is 35.9 Å². The first kappa shape index (κ1) is 26.0. The highest BCUT2D eigenvalue weighted by Crippen LogP contribution is 2.31. The molecule has 3 aromatic rings. The van der Waals surface area contributed by atoms with Gasteiger partial charge in [0, 0.05) is 11.8 Å². The maximum absolute atomic E-state index is 13.1. The molecule has 0 fully saturated rings. The molecule has 2 N–H and O–H groups in total. The molecule has 0 radical (unpaired) electrons. The van der Waals surface area contributed by atoms with Gasteiger partial charge in [-0.3, -0.25) is 4.79 Å². The number of rotatable bonds is 9. The summed E-state index contributed by atoms with van der Waals surface area (Å²) in [6.07, 6.45) is -4.52. The minimum atomic E-state index is -4.52. The van der Waals surface area contributed by atoms with E-state index < -0.39 is 33.7 Å². The van der Waals surface area contributed by atoms with E-state index in [1.165, 1.54) is 32.4 Å². The number of sulfonamides is 1. The maximum atomic E-state index is 13.1. The Kier molecular flexibility index (Phi) is 8.03. The molecule has 186 valence electrons. The number of amides is 1. The molecule has 1 amide bonds. The van der Waals surface area contributed by atoms with Crippen LogP contribution in [-0.4, -0.2) is 34.6 Å². The van der Waals surface area contributed by atoms with Gasteiger partial charge in [-0.1, -0.05) is 30.3 Å². The lowest BCUT2D eigenvalue weighted by molar-refractivity contribution is -0.137. The van der Waals surface area contributed by atoms with Crippen molar-refractivity contribution in [1.29, 1.82) is 0 Å². The predicted octanol–water partition coefficient (Wildman–Crippen LogP) is 4.25. The fourth-order valence-corrected chi connectivity index (χ4v) is 4.46. The van der Waals surface area contributed by atoms with Crippen LogP contribution in [0.2, 0.25) is 0 Å². The van der Waals surface area contributed by atoms with Crippen LogP contribution in [0.1, 0.15) is 11.1 Å². The number of alkyl halides is 3. The second-order valence-corrected chi connectivity index (χ2v) is 9.16. The minimum absolute atomic E-state index is 0.000171. The number of ether oxygens (including phenoxy) is 2. The SMILES string of the molecule is COc1ccc(S(=O)(=O)NC(Cc2ccccc2)C(=O)Nc2ccc(C(F)(F)F)cc2)cc1OC. The molecule has 3 aromatic carbocycles. The number of methoxy groups -OCH3 is 2. The Balaban J connectivity index is 1.87. The molecule has 7 nitrogen and oxygen atoms in total. The van der Waals surface area contributed by atoms with Crippen LogP contribution < -0.4 is 19.5 Å². The lowest BCUT2D eigenvalue weighted by atomic mass is 10.1. The van der Waals surface area contributed by atoms with Gasteiger partial charge in [0.25, 0.3) is 0 Å². The van der Waals surface area contributed by atoms with Crippen molar-refractivity contribution in [1.82, 2.24) is 4.72 Å². The van der Waals surface area contributed by atoms with Crippen LogP contribution >= 0.6 is 0 Å². The van der Waals surface area contributed by atoms with E-state index >= 15 is 0 Å². The number of halogens is 3. The van der Waals surface area contributed by atoms with Crippen molar-refractivity contribution in [3.05, 3.63) is 83.9 Å². The first-order chi connectivity index (χ1) is 16.5. The van der Waals surface area contributed by atoms with Crippen LogP contribution in [0.3, 0.4) is 0 Å². The van der Waals surface area contributed by atoms with Crippen LogP contribution in [0.25, 0.3) is 0 Å². The van der Waals surface area contributed by atoms with Gasteiger partial charge in [0.15, 0.2) is 11.5 Å². The number of nitrogens with one attached hydrogen (secondary N) is 2. The molecule has 0 saturated heterocycles. The van der Waals surface area contributed by atoms with Crippen molar-refractivity contribution >= 4 is 21.6 Å². The number of hydrogen-bond donors (Lipinski definition) is 2. The van der Waals surface area contributed by atoms with Crippen molar-refractivity contribution in [2.75, 3.05) is 19.5 Å². The summed E-state index contributed by atoms with van der Waals surface area (Å²) in [5, 5.41) is 2.48. The topological polar surface area (TPSA) is 93.7 Å². The molecule has 1 unspecified atom stereocenters. The molecule has 0 aromatic heterocycles. The molecule has 0 heterocycles. The van der Waals surface area contributed by atoms with Gasteiger partial charge in [-0.2, -0.15) is 17.9 Å². The normalized spacial score (nSPS) is 12.6. The van der Waals surface area contributed by atoms with Crippen molar-refractivity contribution in [3.8, 4) is 11.5 Å². The Labute approximate surface area is 200 Å². The summed E-state index contributed by atoms with van der Waals surface area (Å²) >= 11 is 0. The van der Waals surface area contributed by atoms with Crippen LogP contribution in [0.5, 0.6) is 11.5 Å². The molecule has 0 saturated carbocycles. The van der Waals surface area contributed by atoms with Crippen molar-refractivity contribution in [3.63, 3.8) is 0 Å². The zero-order valence-corrected chi connectivity index (χ0v) is 19.6. The standard InChI is InChI=1S/C24H23F3N2O5S/c1-33-21-13-12-19(15-22(21)34-2)35(31,32)29-20(14-16-6-4-3-5-7-16)23(30)28-18-10-8-17(9-11-18)24(25,26)27/h3-13,15,20,29H,14H2,1-2H3,(H,28,30). The Morgan fingerprint density at radius 1 is 0.914 bits per heavy atom. The summed E-state index contributed by atoms with van der Waals surface area (Å²) in [5.74, 6) is -0.228. The van der Waals surface area contributed by atoms with E-state index in [0.717, 1.165) is 24.3 Å². The van der Waals surface area contributed by atoms with E-state index in [1.807, 2.05) is 0 Å². The van der Waals surface area contributed by atoms with Crippen LogP contribution in [0.4, 0.5) is 18.9 Å². The fourth-order valence-electron chi connectivity index (χ4n) is 3.25. The highest BCUT2D eigenvalue weighted by molar-refractivity contribution is 7.89. The van der Waals surface area contributed by atoms with E-state index in [1.54, 1.807) is 30.3 Å². The molecule has 35 heavy (non-hydrogen) atoms. The molecule has 0 spiro atoms. The van der Waals surface area contributed by atoms with Gasteiger partial charge in [0.2, 0.25) is 15.9 Å². The molecule has 0 bridgehead atoms. The fraction of sp³-hybridized carbons (Fsp3) is 0.208. The number of hydrogen-bond acceptors (Lipinski definition) is 5. The number of carbonyl (C=O) groups is 1. The molecule has 3 rings (SSSR count). The van der Waals surface area contributed by atoms with Gasteiger partial charge < -0.3 is 14.8 Å². The van der Waals surface area contributed by atoms with Gasteiger partial charge in [0.05, 0.1) is 24.7 Å². The third-order valence-corrected chi connectivity index (χ3v) is 6.51. The van der Waals surface area contributed by atoms with Gasteiger partial charge in [0.1, 0.15) is 6.04 Å². The first-order valence-corrected chi connectivity index (χ1v) is 11.8. The second-order valence-electron chi connectivity index (χ2n) is 7.44. The molecule has 1 atom stereocenters. The third-order valence-electron chi connectivity index (χ3n) is 5.04. The van der Waals surface area contributed by atoms with Gasteiger partial charge in [-0.05, 0) is 48.4 Å². The summed E-state index contributed by atoms with van der Waals surface area (Å²) in [6, 6.07) is 15.3. The van der Waals surface area contributed by atoms with Gasteiger partial charge in [-0.15, -0.1) is 0 Å². The van der Waals surface area contributed by atoms with Gasteiger partial charge >= 0.3 is 6.18 Å². The highest BCUT2D eigenvalue weighted by Gasteiger charge is 2.31. The Morgan fingerprint density at radius 3 is 2.11 bits per heavy atom. The number of carbonyl (C=O) groups excluding carboxylic acids is 1. The Hall–Kier alpha value is -3.57. The minimum Gasteiger partial charge on any atom is -0.493 e. The Bertz CT molecular complexity index is 1260. The summed E-state index contributed by atoms with van der Waals surface area (Å²) in [7, 11) is -1.43. The van der Waals surface area contributed by atoms with Crippen molar-refractivity contribution in [2.24, 2.45) is 0 Å². The molecular formula is C24H23F3N2O5S. The van der Waals surface area contributed by atoms with Crippen LogP contribution in [0, 0.1) is 0 Å². The second kappa shape index (κ2) is 10.8. The molecule has 0 aliphatic carbocycles. The summed E-state index contributed by atoms with van der Waals surface area (Å²) in [5.41, 5.74) is -0.105. The largest absolute Gasteiger partial charge is 0.493 e. The summed E-state index contributed by atoms with van der Waals surface area (Å²) in [6.45, 7) is 0. The van der Waals surface area contributed by atoms with Crippen molar-refractivity contribution in [2.45, 2.75) is 23.5 Å². The average Bonchev–Trinajstić information content (AvgIpc) is 2.83. The molecule has 0 aliphatic heterocycles. The van der Waals surface area contributed by atoms with E-state index in [0.29, 0.717) is 11.3 Å². The quantitative estimate of drug-likeness (QED) is 0.451. The maximum Gasteiger partial charge on any atom is 0.416 e. The third kappa shape index (κ3) is 6.74. The van der Waals surface area contributed by atoms with Crippen LogP contribution in [-0.2, 0) is 27.4 Å².